The molecule has 0 amide bonds. The second-order valence-corrected chi connectivity index (χ2v) is 20.9. The third kappa shape index (κ3) is 20.6. The minimum absolute atomic E-state index is 0.139. The molecule has 12 atom stereocenters. The topological polar surface area (TPSA) is 290 Å². The molecule has 16 heteroatoms. The summed E-state index contributed by atoms with van der Waals surface area (Å²) in [4.78, 5) is 46.5. The third-order valence-corrected chi connectivity index (χ3v) is 10.7. The number of ether oxygens (including phenoxy) is 4. The zero-order valence-electron chi connectivity index (χ0n) is 38.8. The van der Waals surface area contributed by atoms with Crippen molar-refractivity contribution in [1.82, 2.24) is 0 Å². The van der Waals surface area contributed by atoms with Crippen LogP contribution >= 0.6 is 0 Å². The van der Waals surface area contributed by atoms with Gasteiger partial charge >= 0.3 is 23.9 Å². The lowest BCUT2D eigenvalue weighted by atomic mass is 9.97. The van der Waals surface area contributed by atoms with Gasteiger partial charge in [-0.15, -0.1) is 0 Å². The van der Waals surface area contributed by atoms with Crippen LogP contribution in [0.1, 0.15) is 160 Å². The second-order valence-electron chi connectivity index (χ2n) is 20.9. The number of hydrogen-bond donors (Lipinski definition) is 8. The van der Waals surface area contributed by atoms with Crippen molar-refractivity contribution in [2.45, 2.75) is 231 Å². The van der Waals surface area contributed by atoms with Crippen LogP contribution in [0.15, 0.2) is 0 Å². The Morgan fingerprint density at radius 1 is 0.367 bits per heavy atom. The van der Waals surface area contributed by atoms with Crippen LogP contribution in [0.5, 0.6) is 0 Å². The monoisotopic (exact) mass is 861 g/mol. The molecule has 0 aromatic heterocycles. The van der Waals surface area contributed by atoms with Gasteiger partial charge in [-0.25, -0.2) is 0 Å². The lowest BCUT2D eigenvalue weighted by molar-refractivity contribution is -0.159. The fraction of sp³-hybridized carbons (Fsp3) is 0.909. The molecule has 2 unspecified atom stereocenters. The Balaban J connectivity index is 0.000000400. The van der Waals surface area contributed by atoms with E-state index in [9.17, 15) is 39.6 Å². The van der Waals surface area contributed by atoms with Crippen molar-refractivity contribution in [3.63, 3.8) is 0 Å². The number of carbonyl (C=O) groups excluding carboxylic acids is 4. The molecule has 0 heterocycles. The summed E-state index contributed by atoms with van der Waals surface area (Å²) in [6, 6.07) is -2.77. The van der Waals surface area contributed by atoms with Gasteiger partial charge in [-0.05, 0) is 134 Å². The van der Waals surface area contributed by atoms with Gasteiger partial charge < -0.3 is 62.3 Å². The van der Waals surface area contributed by atoms with E-state index in [0.29, 0.717) is 0 Å². The summed E-state index contributed by atoms with van der Waals surface area (Å²) in [6.45, 7) is 21.7. The lowest BCUT2D eigenvalue weighted by Gasteiger charge is -2.26. The Hall–Kier alpha value is -2.44. The van der Waals surface area contributed by atoms with Crippen molar-refractivity contribution in [3.05, 3.63) is 0 Å². The normalized spacial score (nSPS) is 28.9. The summed E-state index contributed by atoms with van der Waals surface area (Å²) in [5.74, 6) is -2.19. The van der Waals surface area contributed by atoms with Crippen LogP contribution in [-0.2, 0) is 38.1 Å². The maximum absolute atomic E-state index is 11.6. The van der Waals surface area contributed by atoms with Gasteiger partial charge in [0, 0.05) is 23.7 Å². The van der Waals surface area contributed by atoms with Crippen LogP contribution in [0.25, 0.3) is 0 Å². The van der Waals surface area contributed by atoms with E-state index in [1.54, 1.807) is 0 Å². The largest absolute Gasteiger partial charge is 0.459 e. The van der Waals surface area contributed by atoms with Gasteiger partial charge in [-0.3, -0.25) is 19.2 Å². The van der Waals surface area contributed by atoms with Crippen LogP contribution in [0.2, 0.25) is 0 Å². The maximum Gasteiger partial charge on any atom is 0.323 e. The average molecular weight is 861 g/mol. The molecule has 4 rings (SSSR count). The molecular formula is C44H84N4O12. The average Bonchev–Trinajstić information content (AvgIpc) is 3.90. The van der Waals surface area contributed by atoms with E-state index in [1.807, 2.05) is 83.1 Å². The number of aliphatic hydroxyl groups is 4. The number of hydrogen-bond acceptors (Lipinski definition) is 16. The Bertz CT molecular complexity index is 1140. The molecule has 4 fully saturated rings. The van der Waals surface area contributed by atoms with Crippen LogP contribution in [0.4, 0.5) is 0 Å². The molecule has 16 nitrogen and oxygen atoms in total. The van der Waals surface area contributed by atoms with Gasteiger partial charge in [0.05, 0.1) is 24.4 Å². The molecule has 0 spiro atoms. The second kappa shape index (κ2) is 23.9. The molecule has 0 radical (unpaired) electrons. The molecule has 0 aromatic carbocycles. The van der Waals surface area contributed by atoms with Gasteiger partial charge in [-0.2, -0.15) is 0 Å². The number of carbonyl (C=O) groups is 4. The summed E-state index contributed by atoms with van der Waals surface area (Å²) >= 11 is 0. The zero-order chi connectivity index (χ0) is 46.6. The summed E-state index contributed by atoms with van der Waals surface area (Å²) in [5, 5.41) is 38.5. The predicted octanol–water partition coefficient (Wildman–Crippen LogP) is 3.27. The molecule has 4 aliphatic carbocycles. The number of esters is 4. The maximum atomic E-state index is 11.6. The highest BCUT2D eigenvalue weighted by Crippen LogP contribution is 2.31. The zero-order valence-corrected chi connectivity index (χ0v) is 38.8. The molecule has 0 aromatic rings. The fourth-order valence-electron chi connectivity index (χ4n) is 7.73. The molecule has 4 aliphatic rings. The minimum atomic E-state index is -0.693. The van der Waals surface area contributed by atoms with E-state index in [2.05, 4.69) is 0 Å². The van der Waals surface area contributed by atoms with Crippen molar-refractivity contribution in [2.75, 3.05) is 0 Å². The Labute approximate surface area is 359 Å². The van der Waals surface area contributed by atoms with E-state index in [1.165, 1.54) is 0 Å². The van der Waals surface area contributed by atoms with Crippen molar-refractivity contribution in [1.29, 1.82) is 0 Å². The minimum Gasteiger partial charge on any atom is -0.459 e. The van der Waals surface area contributed by atoms with Gasteiger partial charge in [0.25, 0.3) is 0 Å². The first-order valence-corrected chi connectivity index (χ1v) is 21.9. The molecule has 352 valence electrons. The van der Waals surface area contributed by atoms with E-state index in [-0.39, 0.29) is 23.7 Å². The predicted molar refractivity (Wildman–Crippen MR) is 229 cm³/mol. The van der Waals surface area contributed by atoms with E-state index in [4.69, 9.17) is 41.9 Å². The summed E-state index contributed by atoms with van der Waals surface area (Å²) in [7, 11) is 0. The Morgan fingerprint density at radius 3 is 0.617 bits per heavy atom. The first-order valence-electron chi connectivity index (χ1n) is 21.9. The highest BCUT2D eigenvalue weighted by molar-refractivity contribution is 5.77. The van der Waals surface area contributed by atoms with Gasteiger partial charge in [0.1, 0.15) is 46.6 Å². The van der Waals surface area contributed by atoms with E-state index < -0.39 is 94.9 Å². The van der Waals surface area contributed by atoms with Gasteiger partial charge in [0.2, 0.25) is 0 Å². The summed E-state index contributed by atoms with van der Waals surface area (Å²) in [5.41, 5.74) is 21.1. The first kappa shape index (κ1) is 55.6. The highest BCUT2D eigenvalue weighted by Gasteiger charge is 2.39. The Morgan fingerprint density at radius 2 is 0.517 bits per heavy atom. The molecule has 0 saturated heterocycles. The number of rotatable bonds is 8. The van der Waals surface area contributed by atoms with Crippen molar-refractivity contribution in [3.8, 4) is 0 Å². The SMILES string of the molecule is CC(C)(C)OC(=O)C(N)C1CCC[C@H]1O.CC(C)(C)OC(=O)[C@@H](N)[C@H]1CCC[C@@H]1O.CC(C)(C)OC(=O)[C@H](N)[C@@H]1CCC[C@H]1O.CC(C)(C)OC(=O)[C@H](N)[C@H]1CCC[C@@H]1O. The van der Waals surface area contributed by atoms with Crippen LogP contribution in [-0.4, -0.2) is 115 Å². The van der Waals surface area contributed by atoms with Gasteiger partial charge in [0.15, 0.2) is 0 Å². The highest BCUT2D eigenvalue weighted by atomic mass is 16.6. The molecular weight excluding hydrogens is 776 g/mol. The fourth-order valence-corrected chi connectivity index (χ4v) is 7.73. The lowest BCUT2D eigenvalue weighted by Crippen LogP contribution is -2.45. The molecule has 12 N–H and O–H groups in total. The van der Waals surface area contributed by atoms with Crippen LogP contribution in [0, 0.1) is 23.7 Å². The number of aliphatic hydroxyl groups excluding tert-OH is 4. The van der Waals surface area contributed by atoms with Crippen LogP contribution in [0.3, 0.4) is 0 Å². The first-order chi connectivity index (χ1) is 27.2. The smallest absolute Gasteiger partial charge is 0.323 e. The van der Waals surface area contributed by atoms with Crippen LogP contribution < -0.4 is 22.9 Å². The molecule has 4 saturated carbocycles. The van der Waals surface area contributed by atoms with Crippen molar-refractivity contribution >= 4 is 23.9 Å². The quantitative estimate of drug-likeness (QED) is 0.128. The Kier molecular flexibility index (Phi) is 22.1. The molecule has 0 aliphatic heterocycles. The molecule has 0 bridgehead atoms. The summed E-state index contributed by atoms with van der Waals surface area (Å²) < 4.78 is 20.7. The van der Waals surface area contributed by atoms with E-state index in [0.717, 1.165) is 77.0 Å². The van der Waals surface area contributed by atoms with Crippen molar-refractivity contribution < 1.29 is 58.6 Å². The summed E-state index contributed by atoms with van der Waals surface area (Å²) in [6.07, 6.45) is 8.10. The van der Waals surface area contributed by atoms with Gasteiger partial charge in [-0.1, -0.05) is 25.7 Å². The van der Waals surface area contributed by atoms with Crippen molar-refractivity contribution in [2.24, 2.45) is 46.6 Å². The number of nitrogens with two attached hydrogens (primary N) is 4. The molecule has 60 heavy (non-hydrogen) atoms. The standard InChI is InChI=1S/4C11H21NO3/c4*1-11(2,3)15-10(14)9(12)7-5-4-6-8(7)13/h4*7-9,13H,4-6,12H2,1-3H3/t7?,8-,9?;7-,8-,9+;2*7-,8-,9-/m1010/s1. The third-order valence-electron chi connectivity index (χ3n) is 10.7. The van der Waals surface area contributed by atoms with E-state index >= 15 is 0 Å².